The van der Waals surface area contributed by atoms with Crippen LogP contribution in [0.5, 0.6) is 11.5 Å². The molecule has 1 fully saturated rings. The van der Waals surface area contributed by atoms with Crippen molar-refractivity contribution in [3.63, 3.8) is 0 Å². The van der Waals surface area contributed by atoms with Crippen LogP contribution in [-0.2, 0) is 0 Å². The Morgan fingerprint density at radius 3 is 2.71 bits per heavy atom. The van der Waals surface area contributed by atoms with E-state index < -0.39 is 0 Å². The number of likely N-dealkylation sites (tertiary alicyclic amines) is 1. The van der Waals surface area contributed by atoms with Gasteiger partial charge < -0.3 is 18.9 Å². The second kappa shape index (κ2) is 8.02. The number of nitrogens with zero attached hydrogens (tertiary/aromatic N) is 3. The van der Waals surface area contributed by atoms with Crippen LogP contribution in [0.25, 0.3) is 10.7 Å². The number of thiophene rings is 1. The minimum Gasteiger partial charge on any atom is -0.497 e. The maximum atomic E-state index is 13.1. The highest BCUT2D eigenvalue weighted by atomic mass is 32.1. The van der Waals surface area contributed by atoms with Crippen molar-refractivity contribution in [2.45, 2.75) is 18.8 Å². The first kappa shape index (κ1) is 18.5. The van der Waals surface area contributed by atoms with Crippen LogP contribution in [0.4, 0.5) is 0 Å². The minimum atomic E-state index is -0.0557. The number of carbonyl (C=O) groups is 1. The van der Waals surface area contributed by atoms with Crippen molar-refractivity contribution in [1.29, 1.82) is 0 Å². The first-order chi connectivity index (χ1) is 13.7. The Kier molecular flexibility index (Phi) is 5.29. The van der Waals surface area contributed by atoms with Crippen LogP contribution in [0.15, 0.2) is 40.2 Å². The molecule has 0 bridgehead atoms. The first-order valence-corrected chi connectivity index (χ1v) is 9.95. The molecule has 4 rings (SSSR count). The summed E-state index contributed by atoms with van der Waals surface area (Å²) in [4.78, 5) is 20.4. The van der Waals surface area contributed by atoms with E-state index in [1.165, 1.54) is 0 Å². The smallest absolute Gasteiger partial charge is 0.254 e. The molecular formula is C20H21N3O4S. The zero-order chi connectivity index (χ0) is 19.5. The molecule has 1 unspecified atom stereocenters. The Morgan fingerprint density at radius 1 is 1.25 bits per heavy atom. The third-order valence-electron chi connectivity index (χ3n) is 4.84. The van der Waals surface area contributed by atoms with E-state index >= 15 is 0 Å². The van der Waals surface area contributed by atoms with Crippen LogP contribution in [0.1, 0.15) is 35.0 Å². The number of piperidine rings is 1. The number of methoxy groups -OCH3 is 2. The highest BCUT2D eigenvalue weighted by Gasteiger charge is 2.29. The van der Waals surface area contributed by atoms with Crippen LogP contribution >= 0.6 is 11.3 Å². The molecule has 0 N–H and O–H groups in total. The van der Waals surface area contributed by atoms with Gasteiger partial charge >= 0.3 is 0 Å². The Hall–Kier alpha value is -2.87. The van der Waals surface area contributed by atoms with Gasteiger partial charge in [0.05, 0.1) is 25.0 Å². The van der Waals surface area contributed by atoms with Gasteiger partial charge in [-0.15, -0.1) is 11.3 Å². The lowest BCUT2D eigenvalue weighted by atomic mass is 9.97. The zero-order valence-corrected chi connectivity index (χ0v) is 16.6. The Bertz CT molecular complexity index is 932. The fraction of sp³-hybridized carbons (Fsp3) is 0.350. The highest BCUT2D eigenvalue weighted by molar-refractivity contribution is 7.13. The molecule has 7 nitrogen and oxygen atoms in total. The molecule has 146 valence electrons. The molecule has 3 aromatic rings. The molecule has 1 aromatic carbocycles. The van der Waals surface area contributed by atoms with Crippen molar-refractivity contribution < 1.29 is 18.8 Å². The summed E-state index contributed by atoms with van der Waals surface area (Å²) in [6.45, 7) is 1.24. The molecule has 8 heteroatoms. The second-order valence-corrected chi connectivity index (χ2v) is 7.57. The van der Waals surface area contributed by atoms with E-state index in [0.29, 0.717) is 41.9 Å². The summed E-state index contributed by atoms with van der Waals surface area (Å²) in [5.74, 6) is 2.35. The molecule has 1 aliphatic heterocycles. The summed E-state index contributed by atoms with van der Waals surface area (Å²) >= 11 is 1.57. The van der Waals surface area contributed by atoms with Crippen molar-refractivity contribution in [2.75, 3.05) is 27.3 Å². The van der Waals surface area contributed by atoms with E-state index in [9.17, 15) is 4.79 Å². The lowest BCUT2D eigenvalue weighted by Crippen LogP contribution is -2.39. The molecule has 3 heterocycles. The molecule has 2 aromatic heterocycles. The third-order valence-corrected chi connectivity index (χ3v) is 5.71. The normalized spacial score (nSPS) is 16.8. The van der Waals surface area contributed by atoms with Crippen LogP contribution in [-0.4, -0.2) is 48.3 Å². The van der Waals surface area contributed by atoms with E-state index in [2.05, 4.69) is 10.1 Å². The van der Waals surface area contributed by atoms with Gasteiger partial charge in [0.15, 0.2) is 0 Å². The number of amides is 1. The van der Waals surface area contributed by atoms with Gasteiger partial charge in [0.25, 0.3) is 5.91 Å². The molecule has 0 saturated carbocycles. The van der Waals surface area contributed by atoms with E-state index in [-0.39, 0.29) is 11.8 Å². The summed E-state index contributed by atoms with van der Waals surface area (Å²) in [6, 6.07) is 9.14. The van der Waals surface area contributed by atoms with E-state index in [0.717, 1.165) is 17.7 Å². The molecular weight excluding hydrogens is 378 g/mol. The van der Waals surface area contributed by atoms with Gasteiger partial charge in [0.1, 0.15) is 11.5 Å². The quantitative estimate of drug-likeness (QED) is 0.649. The number of rotatable bonds is 5. The van der Waals surface area contributed by atoms with E-state index in [1.807, 2.05) is 22.4 Å². The molecule has 1 aliphatic rings. The molecule has 1 atom stereocenters. The summed E-state index contributed by atoms with van der Waals surface area (Å²) in [5.41, 5.74) is 0.543. The SMILES string of the molecule is COc1cc(OC)cc(C(=O)N2CCCC(c3nc(-c4cccs4)no3)C2)c1. The van der Waals surface area contributed by atoms with Crippen LogP contribution in [0.3, 0.4) is 0 Å². The fourth-order valence-electron chi connectivity index (χ4n) is 3.38. The summed E-state index contributed by atoms with van der Waals surface area (Å²) < 4.78 is 16.1. The Labute approximate surface area is 166 Å². The van der Waals surface area contributed by atoms with Crippen LogP contribution < -0.4 is 9.47 Å². The number of ether oxygens (including phenoxy) is 2. The monoisotopic (exact) mass is 399 g/mol. The Balaban J connectivity index is 1.52. The van der Waals surface area contributed by atoms with Gasteiger partial charge in [-0.25, -0.2) is 0 Å². The van der Waals surface area contributed by atoms with Crippen LogP contribution in [0, 0.1) is 0 Å². The molecule has 0 aliphatic carbocycles. The van der Waals surface area contributed by atoms with Gasteiger partial charge in [0, 0.05) is 24.7 Å². The predicted molar refractivity (Wildman–Crippen MR) is 105 cm³/mol. The van der Waals surface area contributed by atoms with Gasteiger partial charge in [0.2, 0.25) is 11.7 Å². The minimum absolute atomic E-state index is 0.0337. The number of carbonyl (C=O) groups excluding carboxylic acids is 1. The lowest BCUT2D eigenvalue weighted by Gasteiger charge is -2.31. The molecule has 1 saturated heterocycles. The van der Waals surface area contributed by atoms with E-state index in [1.54, 1.807) is 43.8 Å². The van der Waals surface area contributed by atoms with Gasteiger partial charge in [-0.3, -0.25) is 4.79 Å². The number of hydrogen-bond donors (Lipinski definition) is 0. The standard InChI is InChI=1S/C20H21N3O4S/c1-25-15-9-14(10-16(11-15)26-2)20(24)23-7-3-5-13(12-23)19-21-18(22-27-19)17-6-4-8-28-17/h4,6,8-11,13H,3,5,7,12H2,1-2H3. The topological polar surface area (TPSA) is 77.7 Å². The largest absolute Gasteiger partial charge is 0.497 e. The van der Waals surface area contributed by atoms with Crippen LogP contribution in [0.2, 0.25) is 0 Å². The van der Waals surface area contributed by atoms with E-state index in [4.69, 9.17) is 14.0 Å². The van der Waals surface area contributed by atoms with Crippen molar-refractivity contribution in [2.24, 2.45) is 0 Å². The Morgan fingerprint density at radius 2 is 2.04 bits per heavy atom. The van der Waals surface area contributed by atoms with Gasteiger partial charge in [-0.1, -0.05) is 11.2 Å². The van der Waals surface area contributed by atoms with Gasteiger partial charge in [-0.05, 0) is 36.4 Å². The van der Waals surface area contributed by atoms with Crippen molar-refractivity contribution in [1.82, 2.24) is 15.0 Å². The fourth-order valence-corrected chi connectivity index (χ4v) is 4.03. The number of hydrogen-bond acceptors (Lipinski definition) is 7. The van der Waals surface area contributed by atoms with Crippen molar-refractivity contribution >= 4 is 17.2 Å². The maximum Gasteiger partial charge on any atom is 0.254 e. The zero-order valence-electron chi connectivity index (χ0n) is 15.8. The summed E-state index contributed by atoms with van der Waals surface area (Å²) in [6.07, 6.45) is 1.80. The third kappa shape index (κ3) is 3.73. The molecule has 0 radical (unpaired) electrons. The lowest BCUT2D eigenvalue weighted by molar-refractivity contribution is 0.0695. The number of benzene rings is 1. The average Bonchev–Trinajstić information content (AvgIpc) is 3.44. The molecule has 0 spiro atoms. The van der Waals surface area contributed by atoms with Crippen molar-refractivity contribution in [3.8, 4) is 22.2 Å². The predicted octanol–water partition coefficient (Wildman–Crippen LogP) is 3.84. The molecule has 28 heavy (non-hydrogen) atoms. The molecule has 1 amide bonds. The van der Waals surface area contributed by atoms with Gasteiger partial charge in [-0.2, -0.15) is 4.98 Å². The highest BCUT2D eigenvalue weighted by Crippen LogP contribution is 2.30. The maximum absolute atomic E-state index is 13.1. The average molecular weight is 399 g/mol. The second-order valence-electron chi connectivity index (χ2n) is 6.63. The number of aromatic nitrogens is 2. The first-order valence-electron chi connectivity index (χ1n) is 9.07. The van der Waals surface area contributed by atoms with Crippen molar-refractivity contribution in [3.05, 3.63) is 47.2 Å². The summed E-state index contributed by atoms with van der Waals surface area (Å²) in [5, 5.41) is 6.08. The summed E-state index contributed by atoms with van der Waals surface area (Å²) in [7, 11) is 3.14.